The van der Waals surface area contributed by atoms with E-state index in [4.69, 9.17) is 5.11 Å². The average molecular weight is 305 g/mol. The van der Waals surface area contributed by atoms with Crippen molar-refractivity contribution in [1.82, 2.24) is 0 Å². The predicted octanol–water partition coefficient (Wildman–Crippen LogP) is 2.80. The number of aromatic carboxylic acids is 1. The van der Waals surface area contributed by atoms with Crippen molar-refractivity contribution in [1.29, 1.82) is 0 Å². The van der Waals surface area contributed by atoms with Gasteiger partial charge in [0.15, 0.2) is 0 Å². The zero-order valence-electron chi connectivity index (χ0n) is 11.6. The van der Waals surface area contributed by atoms with Crippen molar-refractivity contribution in [2.75, 3.05) is 4.72 Å². The lowest BCUT2D eigenvalue weighted by atomic mass is 10.1. The molecule has 0 radical (unpaired) electrons. The summed E-state index contributed by atoms with van der Waals surface area (Å²) in [6, 6.07) is 11.2. The number of anilines is 1. The highest BCUT2D eigenvalue weighted by atomic mass is 32.2. The fourth-order valence-electron chi connectivity index (χ4n) is 2.07. The minimum absolute atomic E-state index is 0.0194. The maximum absolute atomic E-state index is 12.4. The number of rotatable bonds is 4. The van der Waals surface area contributed by atoms with Gasteiger partial charge in [-0.2, -0.15) is 0 Å². The second-order valence-corrected chi connectivity index (χ2v) is 6.36. The molecule has 5 nitrogen and oxygen atoms in total. The smallest absolute Gasteiger partial charge is 0.335 e. The number of hydrogen-bond acceptors (Lipinski definition) is 3. The summed E-state index contributed by atoms with van der Waals surface area (Å²) < 4.78 is 27.2. The number of carbonyl (C=O) groups is 1. The van der Waals surface area contributed by atoms with E-state index in [1.807, 2.05) is 0 Å². The molecule has 0 unspecified atom stereocenters. The molecule has 2 aromatic rings. The molecule has 6 heteroatoms. The van der Waals surface area contributed by atoms with Gasteiger partial charge in [0, 0.05) is 5.69 Å². The molecule has 2 aromatic carbocycles. The molecule has 0 aromatic heterocycles. The number of para-hydroxylation sites is 1. The fourth-order valence-corrected chi connectivity index (χ4v) is 3.38. The van der Waals surface area contributed by atoms with Gasteiger partial charge in [-0.05, 0) is 43.2 Å². The summed E-state index contributed by atoms with van der Waals surface area (Å²) in [6.45, 7) is 3.27. The van der Waals surface area contributed by atoms with Crippen LogP contribution in [0.2, 0.25) is 0 Å². The lowest BCUT2D eigenvalue weighted by Crippen LogP contribution is -2.15. The van der Waals surface area contributed by atoms with Crippen LogP contribution in [0.15, 0.2) is 47.4 Å². The van der Waals surface area contributed by atoms with Gasteiger partial charge in [0.1, 0.15) is 0 Å². The molecular formula is C15H15NO4S. The van der Waals surface area contributed by atoms with Gasteiger partial charge in [-0.15, -0.1) is 0 Å². The third-order valence-corrected chi connectivity index (χ3v) is 4.59. The highest BCUT2D eigenvalue weighted by Crippen LogP contribution is 2.23. The van der Waals surface area contributed by atoms with Crippen molar-refractivity contribution in [2.45, 2.75) is 18.7 Å². The van der Waals surface area contributed by atoms with Gasteiger partial charge in [-0.25, -0.2) is 13.2 Å². The minimum atomic E-state index is -3.83. The van der Waals surface area contributed by atoms with Gasteiger partial charge in [-0.1, -0.05) is 24.3 Å². The molecule has 0 heterocycles. The molecular weight excluding hydrogens is 290 g/mol. The molecule has 0 saturated heterocycles. The Balaban J connectivity index is 2.50. The first-order chi connectivity index (χ1) is 9.81. The average Bonchev–Trinajstić information content (AvgIpc) is 2.38. The lowest BCUT2D eigenvalue weighted by Gasteiger charge is -2.12. The Morgan fingerprint density at radius 3 is 2.24 bits per heavy atom. The highest BCUT2D eigenvalue weighted by molar-refractivity contribution is 7.92. The van der Waals surface area contributed by atoms with Crippen LogP contribution in [0, 0.1) is 13.8 Å². The van der Waals surface area contributed by atoms with Crippen LogP contribution in [0.4, 0.5) is 5.69 Å². The van der Waals surface area contributed by atoms with Crippen molar-refractivity contribution < 1.29 is 18.3 Å². The van der Waals surface area contributed by atoms with E-state index < -0.39 is 16.0 Å². The van der Waals surface area contributed by atoms with E-state index in [9.17, 15) is 13.2 Å². The standard InChI is InChI=1S/C15H15NO4S/c1-10-8-11(2)14(9-13(10)15(17)18)21(19,20)16-12-6-4-3-5-7-12/h3-9,16H,1-2H3,(H,17,18). The first-order valence-electron chi connectivity index (χ1n) is 6.23. The van der Waals surface area contributed by atoms with Crippen LogP contribution < -0.4 is 4.72 Å². The second kappa shape index (κ2) is 5.57. The van der Waals surface area contributed by atoms with Crippen LogP contribution in [0.25, 0.3) is 0 Å². The van der Waals surface area contributed by atoms with Gasteiger partial charge in [0.05, 0.1) is 10.5 Å². The summed E-state index contributed by atoms with van der Waals surface area (Å²) in [5.74, 6) is -1.15. The van der Waals surface area contributed by atoms with Gasteiger partial charge in [0.25, 0.3) is 10.0 Å². The van der Waals surface area contributed by atoms with E-state index >= 15 is 0 Å². The van der Waals surface area contributed by atoms with Crippen molar-refractivity contribution in [2.24, 2.45) is 0 Å². The molecule has 0 saturated carbocycles. The molecule has 0 fully saturated rings. The molecule has 0 aliphatic rings. The number of nitrogens with one attached hydrogen (secondary N) is 1. The van der Waals surface area contributed by atoms with Crippen molar-refractivity contribution in [3.63, 3.8) is 0 Å². The topological polar surface area (TPSA) is 83.5 Å². The normalized spacial score (nSPS) is 11.1. The predicted molar refractivity (Wildman–Crippen MR) is 80.1 cm³/mol. The third kappa shape index (κ3) is 3.22. The molecule has 21 heavy (non-hydrogen) atoms. The summed E-state index contributed by atoms with van der Waals surface area (Å²) in [5, 5.41) is 9.12. The van der Waals surface area contributed by atoms with Crippen LogP contribution in [0.1, 0.15) is 21.5 Å². The number of aryl methyl sites for hydroxylation is 2. The SMILES string of the molecule is Cc1cc(C)c(S(=O)(=O)Nc2ccccc2)cc1C(=O)O. The number of hydrogen-bond donors (Lipinski definition) is 2. The van der Waals surface area contributed by atoms with Crippen molar-refractivity contribution in [3.05, 3.63) is 59.2 Å². The molecule has 0 aliphatic heterocycles. The third-order valence-electron chi connectivity index (χ3n) is 3.07. The Hall–Kier alpha value is -2.34. The fraction of sp³-hybridized carbons (Fsp3) is 0.133. The van der Waals surface area contributed by atoms with Crippen LogP contribution >= 0.6 is 0 Å². The molecule has 110 valence electrons. The van der Waals surface area contributed by atoms with E-state index in [1.165, 1.54) is 6.07 Å². The Kier molecular flexibility index (Phi) is 3.99. The van der Waals surface area contributed by atoms with Gasteiger partial charge >= 0.3 is 5.97 Å². The van der Waals surface area contributed by atoms with E-state index in [0.717, 1.165) is 0 Å². The maximum atomic E-state index is 12.4. The largest absolute Gasteiger partial charge is 0.478 e. The van der Waals surface area contributed by atoms with Crippen LogP contribution in [-0.4, -0.2) is 19.5 Å². The summed E-state index contributed by atoms with van der Waals surface area (Å²) in [7, 11) is -3.83. The van der Waals surface area contributed by atoms with E-state index in [0.29, 0.717) is 16.8 Å². The molecule has 0 spiro atoms. The molecule has 2 rings (SSSR count). The lowest BCUT2D eigenvalue weighted by molar-refractivity contribution is 0.0696. The number of carboxylic acids is 1. The first-order valence-corrected chi connectivity index (χ1v) is 7.72. The summed E-state index contributed by atoms with van der Waals surface area (Å²) >= 11 is 0. The van der Waals surface area contributed by atoms with Crippen molar-refractivity contribution in [3.8, 4) is 0 Å². The van der Waals surface area contributed by atoms with Gasteiger partial charge in [-0.3, -0.25) is 4.72 Å². The maximum Gasteiger partial charge on any atom is 0.335 e. The monoisotopic (exact) mass is 305 g/mol. The Labute approximate surface area is 123 Å². The number of sulfonamides is 1. The zero-order valence-corrected chi connectivity index (χ0v) is 12.4. The van der Waals surface area contributed by atoms with Crippen molar-refractivity contribution >= 4 is 21.7 Å². The molecule has 0 atom stereocenters. The first kappa shape index (κ1) is 15.1. The zero-order chi connectivity index (χ0) is 15.6. The summed E-state index contributed by atoms with van der Waals surface area (Å²) in [4.78, 5) is 11.1. The number of benzene rings is 2. The van der Waals surface area contributed by atoms with Crippen LogP contribution in [0.3, 0.4) is 0 Å². The highest BCUT2D eigenvalue weighted by Gasteiger charge is 2.20. The van der Waals surface area contributed by atoms with Crippen LogP contribution in [-0.2, 0) is 10.0 Å². The van der Waals surface area contributed by atoms with Gasteiger partial charge < -0.3 is 5.11 Å². The minimum Gasteiger partial charge on any atom is -0.478 e. The Bertz CT molecular complexity index is 783. The summed E-state index contributed by atoms with van der Waals surface area (Å²) in [5.41, 5.74) is 1.43. The van der Waals surface area contributed by atoms with Crippen LogP contribution in [0.5, 0.6) is 0 Å². The Morgan fingerprint density at radius 2 is 1.67 bits per heavy atom. The van der Waals surface area contributed by atoms with E-state index in [-0.39, 0.29) is 10.5 Å². The molecule has 0 aliphatic carbocycles. The number of carboxylic acid groups (broad SMARTS) is 1. The summed E-state index contributed by atoms with van der Waals surface area (Å²) in [6.07, 6.45) is 0. The molecule has 0 amide bonds. The molecule has 2 N–H and O–H groups in total. The molecule has 0 bridgehead atoms. The van der Waals surface area contributed by atoms with E-state index in [2.05, 4.69) is 4.72 Å². The van der Waals surface area contributed by atoms with E-state index in [1.54, 1.807) is 50.2 Å². The second-order valence-electron chi connectivity index (χ2n) is 4.71. The van der Waals surface area contributed by atoms with Gasteiger partial charge in [0.2, 0.25) is 0 Å². The quantitative estimate of drug-likeness (QED) is 0.909. The Morgan fingerprint density at radius 1 is 1.05 bits per heavy atom.